The first-order chi connectivity index (χ1) is 27.3. The van der Waals surface area contributed by atoms with Crippen molar-refractivity contribution < 1.29 is 33.4 Å². The molecule has 3 aliphatic rings. The lowest BCUT2D eigenvalue weighted by atomic mass is 10.0. The van der Waals surface area contributed by atoms with Crippen LogP contribution in [-0.4, -0.2) is 99.6 Å². The Morgan fingerprint density at radius 3 is 2.36 bits per heavy atom. The summed E-state index contributed by atoms with van der Waals surface area (Å²) in [7, 11) is 2.09. The maximum Gasteiger partial charge on any atom is 0.262 e. The molecule has 2 aromatic carbocycles. The van der Waals surface area contributed by atoms with Gasteiger partial charge in [0.05, 0.1) is 23.3 Å². The zero-order chi connectivity index (χ0) is 38.6. The summed E-state index contributed by atoms with van der Waals surface area (Å²) >= 11 is 0. The molecular weight excluding hydrogens is 713 g/mol. The Labute approximate surface area is 324 Å². The van der Waals surface area contributed by atoms with E-state index in [1.807, 2.05) is 30.7 Å². The first-order valence-corrected chi connectivity index (χ1v) is 19.6. The maximum absolute atomic E-state index is 13.0. The largest absolute Gasteiger partial charge is 0.494 e. The third kappa shape index (κ3) is 7.87. The van der Waals surface area contributed by atoms with E-state index in [-0.39, 0.29) is 30.1 Å². The van der Waals surface area contributed by atoms with Crippen molar-refractivity contribution in [2.45, 2.75) is 63.5 Å². The first kappa shape index (κ1) is 37.3. The van der Waals surface area contributed by atoms with E-state index in [1.54, 1.807) is 18.2 Å². The van der Waals surface area contributed by atoms with Crippen LogP contribution in [0.2, 0.25) is 0 Å². The molecule has 3 aromatic heterocycles. The molecule has 13 nitrogen and oxygen atoms in total. The van der Waals surface area contributed by atoms with Crippen molar-refractivity contribution in [2.24, 2.45) is 7.05 Å². The quantitative estimate of drug-likeness (QED) is 0.0928. The number of ether oxygens (including phenoxy) is 3. The second-order valence-electron chi connectivity index (χ2n) is 14.8. The number of rotatable bonds is 17. The zero-order valence-electron chi connectivity index (χ0n) is 31.6. The number of benzene rings is 2. The molecule has 2 saturated heterocycles. The smallest absolute Gasteiger partial charge is 0.262 e. The van der Waals surface area contributed by atoms with Gasteiger partial charge in [0.25, 0.3) is 11.8 Å². The molecule has 13 heteroatoms. The zero-order valence-corrected chi connectivity index (χ0v) is 31.6. The molecule has 1 unspecified atom stereocenters. The van der Waals surface area contributed by atoms with Gasteiger partial charge in [0, 0.05) is 86.3 Å². The van der Waals surface area contributed by atoms with E-state index in [0.29, 0.717) is 24.8 Å². The Bertz CT molecular complexity index is 2260. The number of likely N-dealkylation sites (tertiary alicyclic amines) is 1. The lowest BCUT2D eigenvalue weighted by Crippen LogP contribution is -2.54. The van der Waals surface area contributed by atoms with Crippen LogP contribution in [0, 0.1) is 0 Å². The van der Waals surface area contributed by atoms with Gasteiger partial charge in [-0.1, -0.05) is 12.1 Å². The number of amides is 4. The van der Waals surface area contributed by atoms with Gasteiger partial charge < -0.3 is 18.8 Å². The van der Waals surface area contributed by atoms with Crippen molar-refractivity contribution in [3.8, 4) is 22.8 Å². The molecule has 0 aliphatic carbocycles. The summed E-state index contributed by atoms with van der Waals surface area (Å²) in [6.45, 7) is 4.85. The van der Waals surface area contributed by atoms with Gasteiger partial charge in [0.15, 0.2) is 0 Å². The Morgan fingerprint density at radius 1 is 0.768 bits per heavy atom. The van der Waals surface area contributed by atoms with Crippen LogP contribution in [0.1, 0.15) is 72.1 Å². The number of hydrogen-bond acceptors (Lipinski definition) is 10. The van der Waals surface area contributed by atoms with Crippen molar-refractivity contribution in [3.63, 3.8) is 0 Å². The van der Waals surface area contributed by atoms with E-state index in [0.717, 1.165) is 86.2 Å². The van der Waals surface area contributed by atoms with Crippen LogP contribution < -0.4 is 14.8 Å². The molecule has 1 atom stereocenters. The summed E-state index contributed by atoms with van der Waals surface area (Å²) in [5, 5.41) is 4.57. The third-order valence-corrected chi connectivity index (χ3v) is 11.0. The normalized spacial score (nSPS) is 17.4. The molecule has 1 N–H and O–H groups in total. The van der Waals surface area contributed by atoms with Gasteiger partial charge in [0.1, 0.15) is 17.9 Å². The van der Waals surface area contributed by atoms with E-state index < -0.39 is 29.7 Å². The standard InChI is InChI=1S/C43H46N6O7/c1-47-36-16-17-44-25-35(36)32-11-8-28(22-38(32)47)29-9-15-40(45-24-29)56-31-26-48(27-31)18-4-2-5-19-54-20-6-3-7-21-55-30-10-12-33-34(23-30)43(53)49(42(33)52)37-13-14-39(50)46-41(37)51/h8-12,15-17,22-25,31,37H,2-7,13-14,18-21,26-27H2,1H3,(H,46,50,51). The molecule has 0 saturated carbocycles. The predicted molar refractivity (Wildman–Crippen MR) is 209 cm³/mol. The molecule has 5 aromatic rings. The summed E-state index contributed by atoms with van der Waals surface area (Å²) in [6.07, 6.45) is 12.0. The number of piperidine rings is 1. The Balaban J connectivity index is 0.652. The lowest BCUT2D eigenvalue weighted by molar-refractivity contribution is -0.136. The first-order valence-electron chi connectivity index (χ1n) is 19.6. The molecule has 2 fully saturated rings. The number of nitrogens with one attached hydrogen (secondary N) is 1. The van der Waals surface area contributed by atoms with Crippen molar-refractivity contribution in [2.75, 3.05) is 39.5 Å². The van der Waals surface area contributed by atoms with Gasteiger partial charge in [-0.3, -0.25) is 39.3 Å². The van der Waals surface area contributed by atoms with E-state index in [2.05, 4.69) is 56.1 Å². The molecule has 4 amide bonds. The van der Waals surface area contributed by atoms with Crippen LogP contribution in [0.5, 0.6) is 11.6 Å². The van der Waals surface area contributed by atoms with Gasteiger partial charge >= 0.3 is 0 Å². The highest BCUT2D eigenvalue weighted by atomic mass is 16.5. The third-order valence-electron chi connectivity index (χ3n) is 11.0. The van der Waals surface area contributed by atoms with E-state index >= 15 is 0 Å². The van der Waals surface area contributed by atoms with Crippen molar-refractivity contribution in [3.05, 3.63) is 84.3 Å². The molecule has 0 spiro atoms. The van der Waals surface area contributed by atoms with Crippen LogP contribution in [0.15, 0.2) is 73.2 Å². The maximum atomic E-state index is 13.0. The molecule has 0 bridgehead atoms. The molecular formula is C43H46N6O7. The fourth-order valence-electron chi connectivity index (χ4n) is 7.84. The number of hydrogen-bond donors (Lipinski definition) is 1. The minimum absolute atomic E-state index is 0.0854. The topological polar surface area (TPSA) is 145 Å². The van der Waals surface area contributed by atoms with Gasteiger partial charge in [0.2, 0.25) is 17.7 Å². The van der Waals surface area contributed by atoms with Gasteiger partial charge in [-0.2, -0.15) is 0 Å². The van der Waals surface area contributed by atoms with Crippen LogP contribution in [0.3, 0.4) is 0 Å². The number of imide groups is 2. The van der Waals surface area contributed by atoms with Gasteiger partial charge in [-0.15, -0.1) is 0 Å². The monoisotopic (exact) mass is 758 g/mol. The van der Waals surface area contributed by atoms with Crippen LogP contribution in [-0.2, 0) is 21.4 Å². The average Bonchev–Trinajstić information content (AvgIpc) is 3.62. The average molecular weight is 759 g/mol. The SMILES string of the molecule is Cn1c2ccncc2c2ccc(-c3ccc(OC4CN(CCCCCOCCCCCOc5ccc6c(c5)C(=O)N(C5CCC(=O)NC5=O)C6=O)C4)nc3)cc21. The lowest BCUT2D eigenvalue weighted by Gasteiger charge is -2.38. The number of aromatic nitrogens is 3. The van der Waals surface area contributed by atoms with Crippen molar-refractivity contribution >= 4 is 45.4 Å². The molecule has 290 valence electrons. The molecule has 56 heavy (non-hydrogen) atoms. The number of nitrogens with zero attached hydrogens (tertiary/aromatic N) is 5. The molecule has 0 radical (unpaired) electrons. The number of aryl methyl sites for hydroxylation is 1. The Kier molecular flexibility index (Phi) is 11.0. The van der Waals surface area contributed by atoms with E-state index in [9.17, 15) is 19.2 Å². The number of carbonyl (C=O) groups is 4. The summed E-state index contributed by atoms with van der Waals surface area (Å²) in [5.74, 6) is -0.922. The summed E-state index contributed by atoms with van der Waals surface area (Å²) in [4.78, 5) is 61.9. The molecule has 8 rings (SSSR count). The van der Waals surface area contributed by atoms with E-state index in [1.165, 1.54) is 16.4 Å². The number of carbonyl (C=O) groups excluding carboxylic acids is 4. The molecule has 3 aliphatic heterocycles. The highest BCUT2D eigenvalue weighted by Crippen LogP contribution is 2.33. The number of pyridine rings is 2. The van der Waals surface area contributed by atoms with Crippen LogP contribution in [0.25, 0.3) is 32.9 Å². The van der Waals surface area contributed by atoms with Crippen molar-refractivity contribution in [1.29, 1.82) is 0 Å². The van der Waals surface area contributed by atoms with Crippen LogP contribution >= 0.6 is 0 Å². The van der Waals surface area contributed by atoms with Gasteiger partial charge in [-0.05, 0) is 93.5 Å². The Hall–Kier alpha value is -5.66. The van der Waals surface area contributed by atoms with Crippen molar-refractivity contribution in [1.82, 2.24) is 29.7 Å². The van der Waals surface area contributed by atoms with Crippen LogP contribution in [0.4, 0.5) is 0 Å². The predicted octanol–water partition coefficient (Wildman–Crippen LogP) is 5.69. The summed E-state index contributed by atoms with van der Waals surface area (Å²) < 4.78 is 20.0. The number of fused-ring (bicyclic) bond motifs is 4. The van der Waals surface area contributed by atoms with E-state index in [4.69, 9.17) is 14.2 Å². The summed E-state index contributed by atoms with van der Waals surface area (Å²) in [6, 6.07) is 16.4. The minimum atomic E-state index is -0.982. The molecule has 6 heterocycles. The number of unbranched alkanes of at least 4 members (excludes halogenated alkanes) is 4. The second-order valence-corrected chi connectivity index (χ2v) is 14.8. The second kappa shape index (κ2) is 16.6. The van der Waals surface area contributed by atoms with Gasteiger partial charge in [-0.25, -0.2) is 4.98 Å². The highest BCUT2D eigenvalue weighted by Gasteiger charge is 2.44. The fraction of sp³-hybridized carbons (Fsp3) is 0.395. The highest BCUT2D eigenvalue weighted by molar-refractivity contribution is 6.23. The summed E-state index contributed by atoms with van der Waals surface area (Å²) in [5.41, 5.74) is 4.98. The Morgan fingerprint density at radius 2 is 1.55 bits per heavy atom. The fourth-order valence-corrected chi connectivity index (χ4v) is 7.84. The minimum Gasteiger partial charge on any atom is -0.494 e.